The highest BCUT2D eigenvalue weighted by atomic mass is 35.5. The minimum absolute atomic E-state index is 0.161. The fraction of sp³-hybridized carbons (Fsp3) is 0.150. The Bertz CT molecular complexity index is 1040. The largest absolute Gasteiger partial charge is 0.496 e. The van der Waals surface area contributed by atoms with E-state index in [9.17, 15) is 4.79 Å². The molecule has 2 aromatic carbocycles. The maximum absolute atomic E-state index is 12.3. The molecule has 0 atom stereocenters. The summed E-state index contributed by atoms with van der Waals surface area (Å²) < 4.78 is 7.28. The molecule has 3 aromatic rings. The summed E-state index contributed by atoms with van der Waals surface area (Å²) >= 11 is 13.4. The molecule has 0 fully saturated rings. The van der Waals surface area contributed by atoms with Crippen LogP contribution in [-0.2, 0) is 11.3 Å². The number of anilines is 1. The van der Waals surface area contributed by atoms with Crippen molar-refractivity contribution in [2.24, 2.45) is 0 Å². The van der Waals surface area contributed by atoms with Gasteiger partial charge in [0.1, 0.15) is 5.75 Å². The lowest BCUT2D eigenvalue weighted by Crippen LogP contribution is -2.14. The van der Waals surface area contributed by atoms with Gasteiger partial charge in [-0.1, -0.05) is 47.1 Å². The molecular weight excluding hydrogens is 431 g/mol. The first-order chi connectivity index (χ1) is 14.0. The van der Waals surface area contributed by atoms with Crippen molar-refractivity contribution < 1.29 is 9.53 Å². The van der Waals surface area contributed by atoms with Gasteiger partial charge in [-0.25, -0.2) is 0 Å². The molecule has 0 radical (unpaired) electrons. The van der Waals surface area contributed by atoms with Crippen LogP contribution in [0.1, 0.15) is 0 Å². The van der Waals surface area contributed by atoms with Gasteiger partial charge in [-0.05, 0) is 36.4 Å². The van der Waals surface area contributed by atoms with Crippen LogP contribution in [0.25, 0.3) is 11.4 Å². The first-order valence-electron chi connectivity index (χ1n) is 8.58. The standard InChI is InChI=1S/C20H18Cl2N4O2S/c1-3-9-26-19(16-11-14(22)7-8-17(16)28-2)24-25-20(26)29-12-18(27)23-15-6-4-5-13(21)10-15/h3-8,10-11H,1,9,12H2,2H3,(H,23,27). The van der Waals surface area contributed by atoms with Crippen molar-refractivity contribution in [3.05, 3.63) is 65.2 Å². The summed E-state index contributed by atoms with van der Waals surface area (Å²) in [5.41, 5.74) is 1.35. The Kier molecular flexibility index (Phi) is 7.19. The van der Waals surface area contributed by atoms with Gasteiger partial charge in [0.2, 0.25) is 5.91 Å². The molecular formula is C20H18Cl2N4O2S. The van der Waals surface area contributed by atoms with Crippen molar-refractivity contribution >= 4 is 46.6 Å². The summed E-state index contributed by atoms with van der Waals surface area (Å²) in [7, 11) is 1.58. The van der Waals surface area contributed by atoms with E-state index in [2.05, 4.69) is 22.1 Å². The average molecular weight is 449 g/mol. The topological polar surface area (TPSA) is 69.0 Å². The number of carbonyl (C=O) groups excluding carboxylic acids is 1. The zero-order valence-corrected chi connectivity index (χ0v) is 17.9. The van der Waals surface area contributed by atoms with E-state index in [4.69, 9.17) is 27.9 Å². The zero-order chi connectivity index (χ0) is 20.8. The Morgan fingerprint density at radius 3 is 2.76 bits per heavy atom. The highest BCUT2D eigenvalue weighted by Gasteiger charge is 2.18. The highest BCUT2D eigenvalue weighted by molar-refractivity contribution is 7.99. The molecule has 1 heterocycles. The van der Waals surface area contributed by atoms with Gasteiger partial charge in [0.15, 0.2) is 11.0 Å². The third-order valence-corrected chi connectivity index (χ3v) is 5.31. The molecule has 6 nitrogen and oxygen atoms in total. The van der Waals surface area contributed by atoms with Crippen LogP contribution < -0.4 is 10.1 Å². The maximum Gasteiger partial charge on any atom is 0.234 e. The smallest absolute Gasteiger partial charge is 0.234 e. The van der Waals surface area contributed by atoms with E-state index in [1.807, 2.05) is 4.57 Å². The second-order valence-electron chi connectivity index (χ2n) is 5.90. The van der Waals surface area contributed by atoms with E-state index < -0.39 is 0 Å². The zero-order valence-electron chi connectivity index (χ0n) is 15.6. The molecule has 9 heteroatoms. The predicted octanol–water partition coefficient (Wildman–Crippen LogP) is 5.18. The lowest BCUT2D eigenvalue weighted by Gasteiger charge is -2.11. The molecule has 3 rings (SSSR count). The van der Waals surface area contributed by atoms with Crippen molar-refractivity contribution in [3.63, 3.8) is 0 Å². The van der Waals surface area contributed by atoms with Crippen LogP contribution in [0.3, 0.4) is 0 Å². The summed E-state index contributed by atoms with van der Waals surface area (Å²) in [6, 6.07) is 12.3. The number of methoxy groups -OCH3 is 1. The SMILES string of the molecule is C=CCn1c(SCC(=O)Nc2cccc(Cl)c2)nnc1-c1cc(Cl)ccc1OC. The molecule has 0 saturated heterocycles. The number of hydrogen-bond acceptors (Lipinski definition) is 5. The van der Waals surface area contributed by atoms with E-state index in [0.717, 1.165) is 0 Å². The van der Waals surface area contributed by atoms with Crippen LogP contribution in [0.4, 0.5) is 5.69 Å². The number of halogens is 2. The van der Waals surface area contributed by atoms with Crippen molar-refractivity contribution in [1.29, 1.82) is 0 Å². The Labute approximate surface area is 182 Å². The minimum Gasteiger partial charge on any atom is -0.496 e. The molecule has 1 N–H and O–H groups in total. The van der Waals surface area contributed by atoms with Crippen molar-refractivity contribution in [3.8, 4) is 17.1 Å². The van der Waals surface area contributed by atoms with Crippen molar-refractivity contribution in [2.45, 2.75) is 11.7 Å². The Morgan fingerprint density at radius 1 is 1.24 bits per heavy atom. The fourth-order valence-electron chi connectivity index (χ4n) is 2.64. The molecule has 1 aromatic heterocycles. The van der Waals surface area contributed by atoms with Gasteiger partial charge in [-0.2, -0.15) is 0 Å². The van der Waals surface area contributed by atoms with E-state index in [-0.39, 0.29) is 11.7 Å². The number of allylic oxidation sites excluding steroid dienone is 1. The molecule has 0 bridgehead atoms. The van der Waals surface area contributed by atoms with Crippen LogP contribution in [-0.4, -0.2) is 33.5 Å². The number of benzene rings is 2. The highest BCUT2D eigenvalue weighted by Crippen LogP contribution is 2.33. The Balaban J connectivity index is 1.79. The number of aromatic nitrogens is 3. The first kappa shape index (κ1) is 21.2. The average Bonchev–Trinajstić information content (AvgIpc) is 3.09. The van der Waals surface area contributed by atoms with Crippen LogP contribution in [0.15, 0.2) is 60.3 Å². The molecule has 1 amide bonds. The van der Waals surface area contributed by atoms with E-state index in [0.29, 0.717) is 44.6 Å². The van der Waals surface area contributed by atoms with Crippen molar-refractivity contribution in [1.82, 2.24) is 14.8 Å². The summed E-state index contributed by atoms with van der Waals surface area (Å²) in [4.78, 5) is 12.3. The molecule has 0 aliphatic rings. The van der Waals surface area contributed by atoms with Gasteiger partial charge < -0.3 is 10.1 Å². The normalized spacial score (nSPS) is 10.6. The van der Waals surface area contributed by atoms with Gasteiger partial charge in [-0.15, -0.1) is 16.8 Å². The van der Waals surface area contributed by atoms with Crippen molar-refractivity contribution in [2.75, 3.05) is 18.2 Å². The number of hydrogen-bond donors (Lipinski definition) is 1. The van der Waals surface area contributed by atoms with E-state index >= 15 is 0 Å². The number of amides is 1. The Morgan fingerprint density at radius 2 is 2.03 bits per heavy atom. The van der Waals surface area contributed by atoms with Gasteiger partial charge in [0, 0.05) is 22.3 Å². The quantitative estimate of drug-likeness (QED) is 0.379. The van der Waals surface area contributed by atoms with Gasteiger partial charge in [-0.3, -0.25) is 9.36 Å². The third-order valence-electron chi connectivity index (χ3n) is 3.87. The summed E-state index contributed by atoms with van der Waals surface area (Å²) in [6.45, 7) is 4.26. The third kappa shape index (κ3) is 5.32. The van der Waals surface area contributed by atoms with E-state index in [1.54, 1.807) is 55.7 Å². The lowest BCUT2D eigenvalue weighted by molar-refractivity contribution is -0.113. The van der Waals surface area contributed by atoms with Crippen LogP contribution in [0.2, 0.25) is 10.0 Å². The van der Waals surface area contributed by atoms with E-state index in [1.165, 1.54) is 11.8 Å². The second kappa shape index (κ2) is 9.82. The second-order valence-corrected chi connectivity index (χ2v) is 7.71. The summed E-state index contributed by atoms with van der Waals surface area (Å²) in [5, 5.41) is 13.0. The number of ether oxygens (including phenoxy) is 1. The molecule has 0 spiro atoms. The number of rotatable bonds is 8. The number of nitrogens with one attached hydrogen (secondary N) is 1. The molecule has 0 aliphatic heterocycles. The number of carbonyl (C=O) groups is 1. The summed E-state index contributed by atoms with van der Waals surface area (Å²) in [6.07, 6.45) is 1.74. The predicted molar refractivity (Wildman–Crippen MR) is 118 cm³/mol. The number of nitrogens with zero attached hydrogens (tertiary/aromatic N) is 3. The van der Waals surface area contributed by atoms with Crippen LogP contribution in [0, 0.1) is 0 Å². The van der Waals surface area contributed by atoms with Crippen LogP contribution in [0.5, 0.6) is 5.75 Å². The molecule has 0 aliphatic carbocycles. The maximum atomic E-state index is 12.3. The lowest BCUT2D eigenvalue weighted by atomic mass is 10.2. The molecule has 0 unspecified atom stereocenters. The summed E-state index contributed by atoms with van der Waals surface area (Å²) in [5.74, 6) is 1.20. The number of thioether (sulfide) groups is 1. The van der Waals surface area contributed by atoms with Gasteiger partial charge >= 0.3 is 0 Å². The fourth-order valence-corrected chi connectivity index (χ4v) is 3.75. The minimum atomic E-state index is -0.174. The monoisotopic (exact) mass is 448 g/mol. The first-order valence-corrected chi connectivity index (χ1v) is 10.3. The van der Waals surface area contributed by atoms with Gasteiger partial charge in [0.05, 0.1) is 18.4 Å². The van der Waals surface area contributed by atoms with Gasteiger partial charge in [0.25, 0.3) is 0 Å². The Hall–Kier alpha value is -2.48. The van der Waals surface area contributed by atoms with Crippen LogP contribution >= 0.6 is 35.0 Å². The molecule has 29 heavy (non-hydrogen) atoms. The molecule has 0 saturated carbocycles. The molecule has 150 valence electrons.